The number of carbonyl (C=O) groups excluding carboxylic acids is 3. The lowest BCUT2D eigenvalue weighted by Crippen LogP contribution is -2.29. The van der Waals surface area contributed by atoms with Crippen LogP contribution < -0.4 is 0 Å². The molecule has 26 heavy (non-hydrogen) atoms. The van der Waals surface area contributed by atoms with E-state index in [0.29, 0.717) is 0 Å². The van der Waals surface area contributed by atoms with E-state index in [1.807, 2.05) is 6.92 Å². The van der Waals surface area contributed by atoms with E-state index >= 15 is 0 Å². The number of cyclic esters (lactones) is 2. The molecule has 3 aliphatic rings. The van der Waals surface area contributed by atoms with Gasteiger partial charge in [-0.3, -0.25) is 14.4 Å². The summed E-state index contributed by atoms with van der Waals surface area (Å²) in [5.41, 5.74) is 0. The standard InChI is InChI=1S/C19H22O7/c1-5-10-9(3)14(17(20)23-4)12(24-10)7-8-13-16-15(11(6-2)25-13)18(21)26-19(16)22/h5-16H,1-2H2,3-4H3. The highest BCUT2D eigenvalue weighted by molar-refractivity contribution is 5.98. The first-order chi connectivity index (χ1) is 12.4. The van der Waals surface area contributed by atoms with Crippen molar-refractivity contribution >= 4 is 17.9 Å². The van der Waals surface area contributed by atoms with Crippen molar-refractivity contribution in [3.8, 4) is 0 Å². The zero-order valence-electron chi connectivity index (χ0n) is 14.7. The number of methoxy groups -OCH3 is 1. The summed E-state index contributed by atoms with van der Waals surface area (Å²) >= 11 is 0. The molecule has 8 unspecified atom stereocenters. The molecule has 0 spiro atoms. The lowest BCUT2D eigenvalue weighted by Gasteiger charge is -2.17. The Balaban J connectivity index is 1.81. The molecule has 0 radical (unpaired) electrons. The quantitative estimate of drug-likeness (QED) is 0.412. The van der Waals surface area contributed by atoms with Gasteiger partial charge in [-0.1, -0.05) is 31.2 Å². The summed E-state index contributed by atoms with van der Waals surface area (Å²) in [4.78, 5) is 36.0. The summed E-state index contributed by atoms with van der Waals surface area (Å²) in [5.74, 6) is -3.57. The topological polar surface area (TPSA) is 88.1 Å². The van der Waals surface area contributed by atoms with Crippen LogP contribution in [-0.2, 0) is 33.3 Å². The molecule has 3 aliphatic heterocycles. The molecular formula is C19H22O7. The summed E-state index contributed by atoms with van der Waals surface area (Å²) in [6, 6.07) is 0. The minimum atomic E-state index is -0.715. The third-order valence-electron chi connectivity index (χ3n) is 5.34. The van der Waals surface area contributed by atoms with Crippen LogP contribution in [0.5, 0.6) is 0 Å². The average molecular weight is 362 g/mol. The molecule has 8 atom stereocenters. The molecule has 3 fully saturated rings. The van der Waals surface area contributed by atoms with Gasteiger partial charge >= 0.3 is 17.9 Å². The molecule has 0 aromatic heterocycles. The molecule has 0 saturated carbocycles. The van der Waals surface area contributed by atoms with E-state index in [2.05, 4.69) is 13.2 Å². The highest BCUT2D eigenvalue weighted by atomic mass is 16.6. The predicted octanol–water partition coefficient (Wildman–Crippen LogP) is 1.19. The third-order valence-corrected chi connectivity index (χ3v) is 5.34. The Kier molecular flexibility index (Phi) is 5.11. The molecule has 0 N–H and O–H groups in total. The van der Waals surface area contributed by atoms with Gasteiger partial charge in [-0.15, -0.1) is 13.2 Å². The number of hydrogen-bond donors (Lipinski definition) is 0. The van der Waals surface area contributed by atoms with E-state index in [-0.39, 0.29) is 18.0 Å². The monoisotopic (exact) mass is 362 g/mol. The van der Waals surface area contributed by atoms with Gasteiger partial charge in [0, 0.05) is 5.92 Å². The molecular weight excluding hydrogens is 340 g/mol. The fourth-order valence-electron chi connectivity index (χ4n) is 3.96. The van der Waals surface area contributed by atoms with E-state index in [9.17, 15) is 14.4 Å². The number of carbonyl (C=O) groups is 3. The maximum Gasteiger partial charge on any atom is 0.320 e. The Hall–Kier alpha value is -2.25. The molecule has 0 aromatic rings. The average Bonchev–Trinajstić information content (AvgIpc) is 3.25. The van der Waals surface area contributed by atoms with Crippen LogP contribution in [0.2, 0.25) is 0 Å². The van der Waals surface area contributed by atoms with Crippen molar-refractivity contribution in [2.45, 2.75) is 31.3 Å². The first kappa shape index (κ1) is 18.5. The maximum atomic E-state index is 12.1. The van der Waals surface area contributed by atoms with Gasteiger partial charge in [0.25, 0.3) is 0 Å². The second-order valence-corrected chi connectivity index (χ2v) is 6.69. The predicted molar refractivity (Wildman–Crippen MR) is 89.6 cm³/mol. The summed E-state index contributed by atoms with van der Waals surface area (Å²) in [5, 5.41) is 0. The van der Waals surface area contributed by atoms with Crippen molar-refractivity contribution in [2.75, 3.05) is 7.11 Å². The van der Waals surface area contributed by atoms with Crippen LogP contribution in [0.4, 0.5) is 0 Å². The van der Waals surface area contributed by atoms with Gasteiger partial charge in [-0.05, 0) is 0 Å². The Morgan fingerprint density at radius 2 is 1.50 bits per heavy atom. The Bertz CT molecular complexity index is 667. The summed E-state index contributed by atoms with van der Waals surface area (Å²) < 4.78 is 21.2. The van der Waals surface area contributed by atoms with E-state index in [4.69, 9.17) is 18.9 Å². The largest absolute Gasteiger partial charge is 0.469 e. The van der Waals surface area contributed by atoms with Gasteiger partial charge in [0.1, 0.15) is 11.8 Å². The zero-order chi connectivity index (χ0) is 19.0. The lowest BCUT2D eigenvalue weighted by molar-refractivity contribution is -0.157. The number of esters is 3. The van der Waals surface area contributed by atoms with Gasteiger partial charge < -0.3 is 18.9 Å². The number of rotatable bonds is 5. The first-order valence-corrected chi connectivity index (χ1v) is 8.50. The van der Waals surface area contributed by atoms with Crippen molar-refractivity contribution in [2.24, 2.45) is 23.7 Å². The van der Waals surface area contributed by atoms with Gasteiger partial charge in [0.15, 0.2) is 0 Å². The van der Waals surface area contributed by atoms with Crippen molar-refractivity contribution in [1.29, 1.82) is 0 Å². The number of hydrogen-bond acceptors (Lipinski definition) is 7. The van der Waals surface area contributed by atoms with E-state index in [0.717, 1.165) is 0 Å². The van der Waals surface area contributed by atoms with Crippen LogP contribution in [0.1, 0.15) is 6.92 Å². The normalized spacial score (nSPS) is 41.9. The molecule has 0 aliphatic carbocycles. The highest BCUT2D eigenvalue weighted by Gasteiger charge is 2.57. The minimum absolute atomic E-state index is 0.106. The van der Waals surface area contributed by atoms with Crippen molar-refractivity contribution < 1.29 is 33.3 Å². The minimum Gasteiger partial charge on any atom is -0.469 e. The summed E-state index contributed by atoms with van der Waals surface area (Å²) in [7, 11) is 1.33. The second kappa shape index (κ2) is 7.17. The van der Waals surface area contributed by atoms with Crippen LogP contribution in [0, 0.1) is 23.7 Å². The second-order valence-electron chi connectivity index (χ2n) is 6.69. The smallest absolute Gasteiger partial charge is 0.320 e. The summed E-state index contributed by atoms with van der Waals surface area (Å²) in [6.45, 7) is 9.27. The third kappa shape index (κ3) is 2.91. The van der Waals surface area contributed by atoms with Gasteiger partial charge in [-0.2, -0.15) is 0 Å². The van der Waals surface area contributed by atoms with Crippen LogP contribution >= 0.6 is 0 Å². The van der Waals surface area contributed by atoms with Crippen molar-refractivity contribution in [1.82, 2.24) is 0 Å². The fraction of sp³-hybridized carbons (Fsp3) is 0.526. The molecule has 0 aromatic carbocycles. The van der Waals surface area contributed by atoms with E-state index in [1.165, 1.54) is 13.2 Å². The maximum absolute atomic E-state index is 12.1. The van der Waals surface area contributed by atoms with Crippen LogP contribution in [-0.4, -0.2) is 49.4 Å². The van der Waals surface area contributed by atoms with Crippen LogP contribution in [0.25, 0.3) is 0 Å². The Morgan fingerprint density at radius 1 is 0.962 bits per heavy atom. The molecule has 140 valence electrons. The summed E-state index contributed by atoms with van der Waals surface area (Å²) in [6.07, 6.45) is 4.41. The number of ether oxygens (including phenoxy) is 4. The van der Waals surface area contributed by atoms with Crippen LogP contribution in [0.3, 0.4) is 0 Å². The van der Waals surface area contributed by atoms with Crippen molar-refractivity contribution in [3.63, 3.8) is 0 Å². The molecule has 3 saturated heterocycles. The van der Waals surface area contributed by atoms with E-state index < -0.39 is 48.0 Å². The highest BCUT2D eigenvalue weighted by Crippen LogP contribution is 2.41. The van der Waals surface area contributed by atoms with Gasteiger partial charge in [0.05, 0.1) is 37.4 Å². The number of fused-ring (bicyclic) bond motifs is 1. The van der Waals surface area contributed by atoms with E-state index in [1.54, 1.807) is 18.2 Å². The SMILES string of the molecule is C=CC1OC(C=CC2OC(C=C)C3C(=O)OC(=O)C23)C(C(=O)OC)C1C. The molecule has 3 rings (SSSR count). The Morgan fingerprint density at radius 3 is 2.08 bits per heavy atom. The Labute approximate surface area is 151 Å². The lowest BCUT2D eigenvalue weighted by atomic mass is 9.87. The van der Waals surface area contributed by atoms with Crippen LogP contribution in [0.15, 0.2) is 37.5 Å². The fourth-order valence-corrected chi connectivity index (χ4v) is 3.96. The molecule has 0 bridgehead atoms. The first-order valence-electron chi connectivity index (χ1n) is 8.50. The molecule has 7 heteroatoms. The molecule has 7 nitrogen and oxygen atoms in total. The molecule has 0 amide bonds. The molecule has 3 heterocycles. The van der Waals surface area contributed by atoms with Gasteiger partial charge in [0.2, 0.25) is 0 Å². The zero-order valence-corrected chi connectivity index (χ0v) is 14.7. The van der Waals surface area contributed by atoms with Gasteiger partial charge in [-0.25, -0.2) is 0 Å². The van der Waals surface area contributed by atoms with Crippen molar-refractivity contribution in [3.05, 3.63) is 37.5 Å².